The monoisotopic (exact) mass is 587 g/mol. The number of piperazine rings is 1. The van der Waals surface area contributed by atoms with Crippen molar-refractivity contribution in [2.75, 3.05) is 47.9 Å². The van der Waals surface area contributed by atoms with E-state index in [0.29, 0.717) is 11.1 Å². The van der Waals surface area contributed by atoms with Gasteiger partial charge in [-0.1, -0.05) is 18.2 Å². The van der Waals surface area contributed by atoms with Crippen molar-refractivity contribution in [1.82, 2.24) is 4.90 Å². The van der Waals surface area contributed by atoms with Crippen LogP contribution in [0.15, 0.2) is 48.5 Å². The van der Waals surface area contributed by atoms with Crippen LogP contribution < -0.4 is 15.1 Å². The number of aryl methyl sites for hydroxylation is 2. The summed E-state index contributed by atoms with van der Waals surface area (Å²) in [5.41, 5.74) is 5.70. The predicted molar refractivity (Wildman–Crippen MR) is 161 cm³/mol. The van der Waals surface area contributed by atoms with Crippen LogP contribution in [-0.2, 0) is 4.79 Å². The highest BCUT2D eigenvalue weighted by Crippen LogP contribution is 2.32. The minimum Gasteiger partial charge on any atom is -0.394 e. The second-order valence-corrected chi connectivity index (χ2v) is 11.3. The Morgan fingerprint density at radius 1 is 1.05 bits per heavy atom. The Morgan fingerprint density at radius 2 is 1.77 bits per heavy atom. The molecule has 43 heavy (non-hydrogen) atoms. The summed E-state index contributed by atoms with van der Waals surface area (Å²) in [5.74, 6) is -2.94. The summed E-state index contributed by atoms with van der Waals surface area (Å²) in [6.07, 6.45) is 1.71. The number of amides is 2. The van der Waals surface area contributed by atoms with E-state index in [4.69, 9.17) is 0 Å². The van der Waals surface area contributed by atoms with Crippen molar-refractivity contribution in [2.24, 2.45) is 0 Å². The number of halogens is 2. The third-order valence-corrected chi connectivity index (χ3v) is 8.46. The number of nitrogens with one attached hydrogen (secondary N) is 1. The summed E-state index contributed by atoms with van der Waals surface area (Å²) in [5, 5.41) is 23.3. The highest BCUT2D eigenvalue weighted by Gasteiger charge is 2.37. The molecule has 5 rings (SSSR count). The number of anilines is 3. The van der Waals surface area contributed by atoms with Gasteiger partial charge in [-0.3, -0.25) is 9.59 Å². The molecule has 2 heterocycles. The second kappa shape index (κ2) is 12.4. The van der Waals surface area contributed by atoms with Gasteiger partial charge in [-0.05, 0) is 74.6 Å². The van der Waals surface area contributed by atoms with E-state index in [1.165, 1.54) is 15.9 Å². The first kappa shape index (κ1) is 30.0. The molecular formula is C33H35F2N5O3. The molecule has 2 aliphatic rings. The summed E-state index contributed by atoms with van der Waals surface area (Å²) in [6.45, 7) is 6.68. The van der Waals surface area contributed by atoms with E-state index >= 15 is 0 Å². The number of para-hydroxylation sites is 1. The molecule has 3 aromatic rings. The van der Waals surface area contributed by atoms with Crippen molar-refractivity contribution >= 4 is 28.9 Å². The SMILES string of the molecule is Cc1cc(C)c(C(=O)N2CC(=O)N(c3ccc(F)c(F)c3)[C@H](CO)C2)c(C)c1NC1CCN(c2ccccc2C#N)CC1. The third kappa shape index (κ3) is 5.90. The fourth-order valence-corrected chi connectivity index (χ4v) is 6.34. The Kier molecular flexibility index (Phi) is 8.64. The molecule has 2 amide bonds. The number of carbonyl (C=O) groups excluding carboxylic acids is 2. The average molecular weight is 588 g/mol. The molecule has 0 aliphatic carbocycles. The number of aliphatic hydroxyl groups excluding tert-OH is 1. The molecule has 2 fully saturated rings. The van der Waals surface area contributed by atoms with Gasteiger partial charge in [0.1, 0.15) is 12.6 Å². The van der Waals surface area contributed by atoms with Gasteiger partial charge in [0, 0.05) is 48.7 Å². The zero-order valence-electron chi connectivity index (χ0n) is 24.5. The van der Waals surface area contributed by atoms with E-state index in [-0.39, 0.29) is 30.7 Å². The lowest BCUT2D eigenvalue weighted by Crippen LogP contribution is -2.59. The minimum absolute atomic E-state index is 0.0399. The van der Waals surface area contributed by atoms with Gasteiger partial charge in [-0.15, -0.1) is 0 Å². The first-order chi connectivity index (χ1) is 20.6. The van der Waals surface area contributed by atoms with Gasteiger partial charge in [-0.2, -0.15) is 5.26 Å². The Balaban J connectivity index is 1.33. The van der Waals surface area contributed by atoms with Crippen molar-refractivity contribution in [1.29, 1.82) is 5.26 Å². The zero-order chi connectivity index (χ0) is 30.8. The van der Waals surface area contributed by atoms with Crippen molar-refractivity contribution in [3.63, 3.8) is 0 Å². The van der Waals surface area contributed by atoms with Gasteiger partial charge in [0.05, 0.1) is 23.9 Å². The standard InChI is InChI=1S/C33H35F2N5O3/c1-20-14-21(2)32(37-24-10-12-38(13-11-24)29-7-5-4-6-23(29)16-36)22(3)31(20)33(43)39-17-26(19-41)40(30(42)18-39)25-8-9-27(34)28(35)15-25/h4-9,14-15,24,26,37,41H,10-13,17-19H2,1-3H3/t26-/m0/s1. The molecule has 3 aromatic carbocycles. The molecule has 10 heteroatoms. The molecule has 8 nitrogen and oxygen atoms in total. The van der Waals surface area contributed by atoms with Crippen LogP contribution in [0.25, 0.3) is 0 Å². The highest BCUT2D eigenvalue weighted by molar-refractivity contribution is 6.04. The molecule has 0 aromatic heterocycles. The van der Waals surface area contributed by atoms with Crippen LogP contribution in [0.4, 0.5) is 25.8 Å². The Morgan fingerprint density at radius 3 is 2.44 bits per heavy atom. The number of piperidine rings is 1. The van der Waals surface area contributed by atoms with Gasteiger partial charge in [0.15, 0.2) is 11.6 Å². The number of carbonyl (C=O) groups is 2. The van der Waals surface area contributed by atoms with Crippen molar-refractivity contribution in [3.05, 3.63) is 88.0 Å². The van der Waals surface area contributed by atoms with Gasteiger partial charge >= 0.3 is 0 Å². The molecule has 2 aliphatic heterocycles. The maximum absolute atomic E-state index is 13.9. The second-order valence-electron chi connectivity index (χ2n) is 11.3. The molecule has 1 atom stereocenters. The molecule has 224 valence electrons. The van der Waals surface area contributed by atoms with Crippen LogP contribution in [0.5, 0.6) is 0 Å². The summed E-state index contributed by atoms with van der Waals surface area (Å²) in [4.78, 5) is 32.0. The normalized spacial score (nSPS) is 17.7. The number of hydrogen-bond acceptors (Lipinski definition) is 6. The van der Waals surface area contributed by atoms with E-state index in [1.54, 1.807) is 0 Å². The summed E-state index contributed by atoms with van der Waals surface area (Å²) in [7, 11) is 0. The van der Waals surface area contributed by atoms with Gasteiger partial charge < -0.3 is 25.1 Å². The topological polar surface area (TPSA) is 99.9 Å². The van der Waals surface area contributed by atoms with Crippen LogP contribution >= 0.6 is 0 Å². The molecule has 0 radical (unpaired) electrons. The molecule has 0 saturated carbocycles. The lowest BCUT2D eigenvalue weighted by atomic mass is 9.94. The first-order valence-electron chi connectivity index (χ1n) is 14.4. The summed E-state index contributed by atoms with van der Waals surface area (Å²) < 4.78 is 27.4. The van der Waals surface area contributed by atoms with Gasteiger partial charge in [0.2, 0.25) is 5.91 Å². The third-order valence-electron chi connectivity index (χ3n) is 8.46. The van der Waals surface area contributed by atoms with Crippen LogP contribution in [0.3, 0.4) is 0 Å². The number of rotatable bonds is 6. The van der Waals surface area contributed by atoms with E-state index in [9.17, 15) is 28.7 Å². The minimum atomic E-state index is -1.09. The quantitative estimate of drug-likeness (QED) is 0.434. The van der Waals surface area contributed by atoms with Crippen molar-refractivity contribution in [2.45, 2.75) is 45.7 Å². The number of nitriles is 1. The van der Waals surface area contributed by atoms with Crippen LogP contribution in [0.1, 0.15) is 45.5 Å². The number of nitrogens with zero attached hydrogens (tertiary/aromatic N) is 4. The zero-order valence-corrected chi connectivity index (χ0v) is 24.5. The smallest absolute Gasteiger partial charge is 0.255 e. The largest absolute Gasteiger partial charge is 0.394 e. The van der Waals surface area contributed by atoms with E-state index < -0.39 is 30.2 Å². The average Bonchev–Trinajstić information content (AvgIpc) is 3.00. The first-order valence-corrected chi connectivity index (χ1v) is 14.4. The van der Waals surface area contributed by atoms with E-state index in [2.05, 4.69) is 16.3 Å². The maximum atomic E-state index is 13.9. The lowest BCUT2D eigenvalue weighted by Gasteiger charge is -2.40. The summed E-state index contributed by atoms with van der Waals surface area (Å²) >= 11 is 0. The van der Waals surface area contributed by atoms with Gasteiger partial charge in [-0.25, -0.2) is 8.78 Å². The summed E-state index contributed by atoms with van der Waals surface area (Å²) in [6, 6.07) is 14.4. The Bertz CT molecular complexity index is 1600. The Labute approximate surface area is 250 Å². The molecular weight excluding hydrogens is 552 g/mol. The predicted octanol–water partition coefficient (Wildman–Crippen LogP) is 4.69. The van der Waals surface area contributed by atoms with Crippen molar-refractivity contribution in [3.8, 4) is 6.07 Å². The fraction of sp³-hybridized carbons (Fsp3) is 0.364. The Hall–Kier alpha value is -4.49. The molecule has 0 spiro atoms. The highest BCUT2D eigenvalue weighted by atomic mass is 19.2. The van der Waals surface area contributed by atoms with Crippen molar-refractivity contribution < 1.29 is 23.5 Å². The lowest BCUT2D eigenvalue weighted by molar-refractivity contribution is -0.122. The molecule has 2 N–H and O–H groups in total. The number of benzene rings is 3. The van der Waals surface area contributed by atoms with Crippen LogP contribution in [0, 0.1) is 43.7 Å². The van der Waals surface area contributed by atoms with E-state index in [0.717, 1.165) is 66.1 Å². The molecule has 2 saturated heterocycles. The molecule has 0 unspecified atom stereocenters. The fourth-order valence-electron chi connectivity index (χ4n) is 6.34. The number of aliphatic hydroxyl groups is 1. The van der Waals surface area contributed by atoms with E-state index in [1.807, 2.05) is 51.1 Å². The van der Waals surface area contributed by atoms with Crippen LogP contribution in [0.2, 0.25) is 0 Å². The molecule has 0 bridgehead atoms. The van der Waals surface area contributed by atoms with Crippen LogP contribution in [-0.4, -0.2) is 66.7 Å². The maximum Gasteiger partial charge on any atom is 0.255 e. The van der Waals surface area contributed by atoms with Gasteiger partial charge in [0.25, 0.3) is 5.91 Å². The number of hydrogen-bond donors (Lipinski definition) is 2.